The largest absolute Gasteiger partial charge is 0.304 e. The number of benzene rings is 2. The maximum atomic E-state index is 13.4. The number of hydrogen-bond acceptors (Lipinski definition) is 3. The van der Waals surface area contributed by atoms with Gasteiger partial charge in [0.05, 0.1) is 18.3 Å². The van der Waals surface area contributed by atoms with Gasteiger partial charge in [0.25, 0.3) is 5.56 Å². The summed E-state index contributed by atoms with van der Waals surface area (Å²) >= 11 is 0. The van der Waals surface area contributed by atoms with Gasteiger partial charge >= 0.3 is 0 Å². The lowest BCUT2D eigenvalue weighted by Crippen LogP contribution is -2.37. The van der Waals surface area contributed by atoms with Gasteiger partial charge in [0, 0.05) is 11.6 Å². The van der Waals surface area contributed by atoms with Crippen LogP contribution in [0.4, 0.5) is 4.39 Å². The fourth-order valence-corrected chi connectivity index (χ4v) is 3.21. The normalized spacial score (nSPS) is 11.8. The first kappa shape index (κ1) is 17.1. The molecule has 4 aromatic rings. The second-order valence-corrected chi connectivity index (χ2v) is 7.07. The van der Waals surface area contributed by atoms with Crippen LogP contribution >= 0.6 is 0 Å². The van der Waals surface area contributed by atoms with Crippen LogP contribution in [0.15, 0.2) is 71.8 Å². The van der Waals surface area contributed by atoms with Crippen molar-refractivity contribution in [3.8, 4) is 0 Å². The molecule has 0 unspecified atom stereocenters. The molecule has 0 N–H and O–H groups in total. The Balaban J connectivity index is 1.71. The maximum absolute atomic E-state index is 13.4. The molecular weight excluding hydrogens is 343 g/mol. The number of hydrogen-bond donors (Lipinski definition) is 0. The van der Waals surface area contributed by atoms with E-state index in [0.717, 1.165) is 5.56 Å². The van der Waals surface area contributed by atoms with Gasteiger partial charge < -0.3 is 4.57 Å². The highest BCUT2D eigenvalue weighted by Gasteiger charge is 2.28. The molecule has 4 rings (SSSR count). The number of rotatable bonds is 4. The van der Waals surface area contributed by atoms with Gasteiger partial charge in [-0.2, -0.15) is 0 Å². The first-order chi connectivity index (χ1) is 12.9. The van der Waals surface area contributed by atoms with Gasteiger partial charge in [-0.25, -0.2) is 9.07 Å². The molecule has 0 atom stereocenters. The predicted molar refractivity (Wildman–Crippen MR) is 102 cm³/mol. The third kappa shape index (κ3) is 3.14. The van der Waals surface area contributed by atoms with E-state index in [1.54, 1.807) is 21.5 Å². The number of fused-ring (bicyclic) bond motifs is 1. The highest BCUT2D eigenvalue weighted by Crippen LogP contribution is 2.23. The summed E-state index contributed by atoms with van der Waals surface area (Å²) in [4.78, 5) is 12.9. The molecule has 0 saturated heterocycles. The SMILES string of the molecule is CC(C)(c1cn(Cc2ccccc2)nn1)n1ccc2cc(F)ccc2c1=O. The van der Waals surface area contributed by atoms with E-state index in [4.69, 9.17) is 0 Å². The first-order valence-corrected chi connectivity index (χ1v) is 8.71. The van der Waals surface area contributed by atoms with Gasteiger partial charge in [0.15, 0.2) is 0 Å². The smallest absolute Gasteiger partial charge is 0.259 e. The van der Waals surface area contributed by atoms with Crippen LogP contribution in [-0.2, 0) is 12.1 Å². The third-order valence-corrected chi connectivity index (χ3v) is 4.82. The van der Waals surface area contributed by atoms with Crippen molar-refractivity contribution in [1.29, 1.82) is 0 Å². The zero-order valence-electron chi connectivity index (χ0n) is 15.1. The summed E-state index contributed by atoms with van der Waals surface area (Å²) in [6.07, 6.45) is 3.54. The average Bonchev–Trinajstić information content (AvgIpc) is 3.12. The van der Waals surface area contributed by atoms with Gasteiger partial charge in [-0.3, -0.25) is 4.79 Å². The number of pyridine rings is 1. The van der Waals surface area contributed by atoms with E-state index in [1.807, 2.05) is 50.4 Å². The van der Waals surface area contributed by atoms with Crippen molar-refractivity contribution in [2.75, 3.05) is 0 Å². The van der Waals surface area contributed by atoms with E-state index in [0.29, 0.717) is 23.0 Å². The van der Waals surface area contributed by atoms with Crippen LogP contribution in [0, 0.1) is 5.82 Å². The summed E-state index contributed by atoms with van der Waals surface area (Å²) in [5, 5.41) is 9.56. The van der Waals surface area contributed by atoms with Crippen molar-refractivity contribution < 1.29 is 4.39 Å². The Morgan fingerprint density at radius 3 is 2.63 bits per heavy atom. The van der Waals surface area contributed by atoms with Crippen LogP contribution < -0.4 is 5.56 Å². The molecule has 136 valence electrons. The molecule has 27 heavy (non-hydrogen) atoms. The van der Waals surface area contributed by atoms with Gasteiger partial charge in [-0.05, 0) is 49.1 Å². The monoisotopic (exact) mass is 362 g/mol. The Morgan fingerprint density at radius 1 is 1.07 bits per heavy atom. The van der Waals surface area contributed by atoms with Crippen LogP contribution in [-0.4, -0.2) is 19.6 Å². The fraction of sp³-hybridized carbons (Fsp3) is 0.190. The van der Waals surface area contributed by atoms with E-state index >= 15 is 0 Å². The van der Waals surface area contributed by atoms with Gasteiger partial charge in [0.2, 0.25) is 0 Å². The van der Waals surface area contributed by atoms with Crippen LogP contribution in [0.5, 0.6) is 0 Å². The molecule has 0 radical (unpaired) electrons. The lowest BCUT2D eigenvalue weighted by Gasteiger charge is -2.25. The van der Waals surface area contributed by atoms with Gasteiger partial charge in [-0.1, -0.05) is 35.5 Å². The van der Waals surface area contributed by atoms with E-state index < -0.39 is 5.54 Å². The molecule has 2 aromatic heterocycles. The second kappa shape index (κ2) is 6.46. The van der Waals surface area contributed by atoms with Crippen molar-refractivity contribution in [3.05, 3.63) is 94.4 Å². The standard InChI is InChI=1S/C21H19FN4O/c1-21(2,19-14-25(24-23-19)13-15-6-4-3-5-7-15)26-11-10-16-12-17(22)8-9-18(16)20(26)27/h3-12,14H,13H2,1-2H3. The van der Waals surface area contributed by atoms with Crippen molar-refractivity contribution in [2.45, 2.75) is 25.9 Å². The Bertz CT molecular complexity index is 1160. The van der Waals surface area contributed by atoms with E-state index in [-0.39, 0.29) is 11.4 Å². The number of halogens is 1. The van der Waals surface area contributed by atoms with Crippen LogP contribution in [0.25, 0.3) is 10.8 Å². The molecule has 0 fully saturated rings. The summed E-state index contributed by atoms with van der Waals surface area (Å²) in [5.74, 6) is -0.359. The highest BCUT2D eigenvalue weighted by molar-refractivity contribution is 5.81. The Kier molecular flexibility index (Phi) is 4.11. The summed E-state index contributed by atoms with van der Waals surface area (Å²) in [7, 11) is 0. The summed E-state index contributed by atoms with van der Waals surface area (Å²) in [6, 6.07) is 15.9. The molecule has 6 heteroatoms. The van der Waals surface area contributed by atoms with E-state index in [9.17, 15) is 9.18 Å². The van der Waals surface area contributed by atoms with E-state index in [2.05, 4.69) is 10.3 Å². The first-order valence-electron chi connectivity index (χ1n) is 8.71. The van der Waals surface area contributed by atoms with Crippen molar-refractivity contribution in [3.63, 3.8) is 0 Å². The maximum Gasteiger partial charge on any atom is 0.259 e. The zero-order valence-corrected chi connectivity index (χ0v) is 15.1. The lowest BCUT2D eigenvalue weighted by molar-refractivity contribution is 0.411. The van der Waals surface area contributed by atoms with Crippen LogP contribution in [0.2, 0.25) is 0 Å². The Labute approximate surface area is 155 Å². The Hall–Kier alpha value is -3.28. The number of aromatic nitrogens is 4. The highest BCUT2D eigenvalue weighted by atomic mass is 19.1. The van der Waals surface area contributed by atoms with Gasteiger partial charge in [0.1, 0.15) is 11.5 Å². The molecule has 0 aliphatic heterocycles. The number of nitrogens with zero attached hydrogens (tertiary/aromatic N) is 4. The van der Waals surface area contributed by atoms with Crippen molar-refractivity contribution in [1.82, 2.24) is 19.6 Å². The topological polar surface area (TPSA) is 52.7 Å². The molecule has 0 spiro atoms. The molecule has 0 saturated carbocycles. The minimum atomic E-state index is -0.700. The fourth-order valence-electron chi connectivity index (χ4n) is 3.21. The minimum absolute atomic E-state index is 0.185. The minimum Gasteiger partial charge on any atom is -0.304 e. The summed E-state index contributed by atoms with van der Waals surface area (Å²) < 4.78 is 16.8. The molecule has 5 nitrogen and oxygen atoms in total. The second-order valence-electron chi connectivity index (χ2n) is 7.07. The van der Waals surface area contributed by atoms with Crippen molar-refractivity contribution in [2.24, 2.45) is 0 Å². The summed E-state index contributed by atoms with van der Waals surface area (Å²) in [6.45, 7) is 4.44. The van der Waals surface area contributed by atoms with Crippen LogP contribution in [0.1, 0.15) is 25.1 Å². The quantitative estimate of drug-likeness (QED) is 0.558. The molecule has 2 aromatic carbocycles. The molecule has 0 aliphatic carbocycles. The zero-order chi connectivity index (χ0) is 19.0. The predicted octanol–water partition coefficient (Wildman–Crippen LogP) is 3.56. The lowest BCUT2D eigenvalue weighted by atomic mass is 10.00. The molecule has 0 bridgehead atoms. The molecule has 2 heterocycles. The van der Waals surface area contributed by atoms with Crippen molar-refractivity contribution >= 4 is 10.8 Å². The third-order valence-electron chi connectivity index (χ3n) is 4.82. The molecular formula is C21H19FN4O. The van der Waals surface area contributed by atoms with E-state index in [1.165, 1.54) is 18.2 Å². The average molecular weight is 362 g/mol. The van der Waals surface area contributed by atoms with Crippen LogP contribution in [0.3, 0.4) is 0 Å². The Morgan fingerprint density at radius 2 is 1.85 bits per heavy atom. The molecule has 0 aliphatic rings. The molecule has 0 amide bonds. The summed E-state index contributed by atoms with van der Waals surface area (Å²) in [5.41, 5.74) is 0.919. The van der Waals surface area contributed by atoms with Gasteiger partial charge in [-0.15, -0.1) is 5.10 Å².